The number of likely N-dealkylation sites (tertiary alicyclic amines) is 1. The highest BCUT2D eigenvalue weighted by Crippen LogP contribution is 2.29. The molecule has 8 heteroatoms. The molecular formula is C29H40N4O4. The highest BCUT2D eigenvalue weighted by Gasteiger charge is 2.41. The van der Waals surface area contributed by atoms with Gasteiger partial charge < -0.3 is 30.3 Å². The van der Waals surface area contributed by atoms with E-state index in [1.165, 1.54) is 0 Å². The first-order chi connectivity index (χ1) is 18.0. The molecule has 2 fully saturated rings. The van der Waals surface area contributed by atoms with E-state index in [2.05, 4.69) is 27.9 Å². The first-order valence-corrected chi connectivity index (χ1v) is 13.5. The second-order valence-corrected chi connectivity index (χ2v) is 10.2. The Labute approximate surface area is 220 Å². The highest BCUT2D eigenvalue weighted by atomic mass is 16.5. The number of ether oxygens (including phenoxy) is 2. The Hall–Kier alpha value is -3.26. The third-order valence-corrected chi connectivity index (χ3v) is 7.26. The number of anilines is 1. The molecule has 0 atom stereocenters. The summed E-state index contributed by atoms with van der Waals surface area (Å²) < 4.78 is 11.5. The maximum Gasteiger partial charge on any atom is 0.408 e. The molecule has 200 valence electrons. The number of carbonyl (C=O) groups excluding carboxylic acids is 2. The van der Waals surface area contributed by atoms with Gasteiger partial charge in [0, 0.05) is 31.9 Å². The average Bonchev–Trinajstić information content (AvgIpc) is 2.93. The smallest absolute Gasteiger partial charge is 0.408 e. The maximum atomic E-state index is 13.2. The van der Waals surface area contributed by atoms with Crippen molar-refractivity contribution in [1.82, 2.24) is 15.5 Å². The molecule has 0 spiro atoms. The minimum Gasteiger partial charge on any atom is -0.490 e. The van der Waals surface area contributed by atoms with E-state index in [-0.39, 0.29) is 18.6 Å². The number of hydrogen-bond donors (Lipinski definition) is 3. The Bertz CT molecular complexity index is 985. The van der Waals surface area contributed by atoms with Gasteiger partial charge in [0.1, 0.15) is 24.0 Å². The number of benzene rings is 2. The van der Waals surface area contributed by atoms with Crippen LogP contribution in [0.2, 0.25) is 0 Å². The zero-order valence-electron chi connectivity index (χ0n) is 21.8. The topological polar surface area (TPSA) is 91.9 Å². The molecule has 1 aliphatic carbocycles. The van der Waals surface area contributed by atoms with Crippen LogP contribution in [-0.2, 0) is 16.1 Å². The maximum absolute atomic E-state index is 13.2. The van der Waals surface area contributed by atoms with Gasteiger partial charge >= 0.3 is 6.09 Å². The number of hydrogen-bond acceptors (Lipinski definition) is 6. The Morgan fingerprint density at radius 3 is 2.35 bits per heavy atom. The SMILES string of the molecule is CN1CCC(Oc2ccc(NCCNC(=O)C3(NC(=O)OCc4ccccc4)CCCCC3)cc2)CC1. The summed E-state index contributed by atoms with van der Waals surface area (Å²) in [6.45, 7) is 3.35. The van der Waals surface area contributed by atoms with E-state index in [0.717, 1.165) is 62.2 Å². The summed E-state index contributed by atoms with van der Waals surface area (Å²) in [5.74, 6) is 0.741. The lowest BCUT2D eigenvalue weighted by atomic mass is 9.81. The molecule has 0 bridgehead atoms. The van der Waals surface area contributed by atoms with E-state index in [0.29, 0.717) is 25.9 Å². The van der Waals surface area contributed by atoms with Gasteiger partial charge in [-0.2, -0.15) is 0 Å². The van der Waals surface area contributed by atoms with Gasteiger partial charge in [-0.05, 0) is 62.6 Å². The molecule has 3 N–H and O–H groups in total. The number of piperidine rings is 1. The molecule has 2 aromatic carbocycles. The van der Waals surface area contributed by atoms with Crippen molar-refractivity contribution >= 4 is 17.7 Å². The molecule has 1 saturated heterocycles. The molecule has 37 heavy (non-hydrogen) atoms. The van der Waals surface area contributed by atoms with Crippen molar-refractivity contribution in [3.05, 3.63) is 60.2 Å². The normalized spacial score (nSPS) is 18.0. The number of rotatable bonds is 10. The molecule has 0 aromatic heterocycles. The van der Waals surface area contributed by atoms with Crippen LogP contribution in [-0.4, -0.2) is 61.8 Å². The summed E-state index contributed by atoms with van der Waals surface area (Å²) in [4.78, 5) is 28.0. The summed E-state index contributed by atoms with van der Waals surface area (Å²) in [6, 6.07) is 17.5. The lowest BCUT2D eigenvalue weighted by Crippen LogP contribution is -2.60. The van der Waals surface area contributed by atoms with Gasteiger partial charge in [-0.25, -0.2) is 4.79 Å². The van der Waals surface area contributed by atoms with Crippen molar-refractivity contribution < 1.29 is 19.1 Å². The van der Waals surface area contributed by atoms with Gasteiger partial charge in [-0.3, -0.25) is 4.79 Å². The Morgan fingerprint density at radius 2 is 1.65 bits per heavy atom. The Balaban J connectivity index is 1.20. The van der Waals surface area contributed by atoms with Crippen molar-refractivity contribution in [2.45, 2.75) is 63.2 Å². The second-order valence-electron chi connectivity index (χ2n) is 10.2. The zero-order valence-corrected chi connectivity index (χ0v) is 21.8. The Morgan fingerprint density at radius 1 is 0.946 bits per heavy atom. The van der Waals surface area contributed by atoms with E-state index < -0.39 is 11.6 Å². The molecule has 0 radical (unpaired) electrons. The predicted molar refractivity (Wildman–Crippen MR) is 145 cm³/mol. The van der Waals surface area contributed by atoms with Gasteiger partial charge in [0.15, 0.2) is 0 Å². The van der Waals surface area contributed by atoms with Crippen LogP contribution < -0.4 is 20.7 Å². The molecule has 1 saturated carbocycles. The number of alkyl carbamates (subject to hydrolysis) is 1. The Kier molecular flexibility index (Phi) is 9.65. The van der Waals surface area contributed by atoms with Crippen LogP contribution in [0.4, 0.5) is 10.5 Å². The number of carbonyl (C=O) groups is 2. The first kappa shape index (κ1) is 26.8. The van der Waals surface area contributed by atoms with Crippen LogP contribution in [0.25, 0.3) is 0 Å². The lowest BCUT2D eigenvalue weighted by Gasteiger charge is -2.36. The number of nitrogens with one attached hydrogen (secondary N) is 3. The van der Waals surface area contributed by atoms with Crippen LogP contribution in [0.1, 0.15) is 50.5 Å². The summed E-state index contributed by atoms with van der Waals surface area (Å²) in [5, 5.41) is 9.25. The largest absolute Gasteiger partial charge is 0.490 e. The molecule has 2 amide bonds. The summed E-state index contributed by atoms with van der Waals surface area (Å²) in [7, 11) is 2.14. The number of nitrogens with zero attached hydrogens (tertiary/aromatic N) is 1. The van der Waals surface area contributed by atoms with Crippen LogP contribution in [0, 0.1) is 0 Å². The quantitative estimate of drug-likeness (QED) is 0.414. The van der Waals surface area contributed by atoms with Gasteiger partial charge in [-0.1, -0.05) is 49.6 Å². The van der Waals surface area contributed by atoms with Crippen LogP contribution in [0.15, 0.2) is 54.6 Å². The molecule has 1 aliphatic heterocycles. The molecule has 0 unspecified atom stereocenters. The molecule has 2 aliphatic rings. The minimum absolute atomic E-state index is 0.146. The minimum atomic E-state index is -0.918. The van der Waals surface area contributed by atoms with Crippen molar-refractivity contribution in [3.8, 4) is 5.75 Å². The first-order valence-electron chi connectivity index (χ1n) is 13.5. The van der Waals surface area contributed by atoms with E-state index >= 15 is 0 Å². The van der Waals surface area contributed by atoms with Gasteiger partial charge in [0.05, 0.1) is 0 Å². The van der Waals surface area contributed by atoms with Gasteiger partial charge in [-0.15, -0.1) is 0 Å². The van der Waals surface area contributed by atoms with E-state index in [4.69, 9.17) is 9.47 Å². The van der Waals surface area contributed by atoms with Crippen LogP contribution >= 0.6 is 0 Å². The molecule has 4 rings (SSSR count). The predicted octanol–water partition coefficient (Wildman–Crippen LogP) is 4.32. The van der Waals surface area contributed by atoms with Crippen molar-refractivity contribution in [1.29, 1.82) is 0 Å². The van der Waals surface area contributed by atoms with Gasteiger partial charge in [0.25, 0.3) is 0 Å². The van der Waals surface area contributed by atoms with Crippen LogP contribution in [0.5, 0.6) is 5.75 Å². The summed E-state index contributed by atoms with van der Waals surface area (Å²) in [5.41, 5.74) is 0.964. The van der Waals surface area contributed by atoms with Gasteiger partial charge in [0.2, 0.25) is 5.91 Å². The van der Waals surface area contributed by atoms with Crippen molar-refractivity contribution in [2.75, 3.05) is 38.5 Å². The van der Waals surface area contributed by atoms with Crippen LogP contribution in [0.3, 0.4) is 0 Å². The highest BCUT2D eigenvalue weighted by molar-refractivity contribution is 5.90. The van der Waals surface area contributed by atoms with Crippen molar-refractivity contribution in [2.24, 2.45) is 0 Å². The third kappa shape index (κ3) is 8.12. The summed E-state index contributed by atoms with van der Waals surface area (Å²) in [6.07, 6.45) is 5.93. The molecular weight excluding hydrogens is 468 g/mol. The van der Waals surface area contributed by atoms with E-state index in [1.54, 1.807) is 0 Å². The molecule has 1 heterocycles. The lowest BCUT2D eigenvalue weighted by molar-refractivity contribution is -0.128. The monoisotopic (exact) mass is 508 g/mol. The number of amides is 2. The molecule has 2 aromatic rings. The fourth-order valence-electron chi connectivity index (χ4n) is 5.02. The fourth-order valence-corrected chi connectivity index (χ4v) is 5.02. The third-order valence-electron chi connectivity index (χ3n) is 7.26. The fraction of sp³-hybridized carbons (Fsp3) is 0.517. The second kappa shape index (κ2) is 13.3. The molecule has 8 nitrogen and oxygen atoms in total. The van der Waals surface area contributed by atoms with Crippen molar-refractivity contribution in [3.63, 3.8) is 0 Å². The van der Waals surface area contributed by atoms with E-state index in [9.17, 15) is 9.59 Å². The summed E-state index contributed by atoms with van der Waals surface area (Å²) >= 11 is 0. The average molecular weight is 509 g/mol. The zero-order chi connectivity index (χ0) is 25.9. The van der Waals surface area contributed by atoms with E-state index in [1.807, 2.05) is 54.6 Å². The standard InChI is InChI=1S/C29H40N4O4/c1-33-20-14-26(15-21-33)37-25-12-10-24(11-13-25)30-18-19-31-27(34)29(16-6-3-7-17-29)32-28(35)36-22-23-8-4-2-5-9-23/h2,4-5,8-13,26,30H,3,6-7,14-22H2,1H3,(H,31,34)(H,32,35).